The van der Waals surface area contributed by atoms with Crippen LogP contribution in [-0.4, -0.2) is 18.7 Å². The molecule has 1 aromatic carbocycles. The molecule has 0 aromatic heterocycles. The van der Waals surface area contributed by atoms with Crippen LogP contribution in [0.25, 0.3) is 0 Å². The number of hydrogen-bond acceptors (Lipinski definition) is 3. The van der Waals surface area contributed by atoms with Gasteiger partial charge in [-0.2, -0.15) is 0 Å². The molecule has 0 unspecified atom stereocenters. The Kier molecular flexibility index (Phi) is 7.44. The molecule has 1 aliphatic rings. The minimum atomic E-state index is -0.144. The van der Waals surface area contributed by atoms with E-state index in [1.54, 1.807) is 0 Å². The molecule has 1 saturated carbocycles. The Morgan fingerprint density at radius 1 is 1.13 bits per heavy atom. The summed E-state index contributed by atoms with van der Waals surface area (Å²) in [6, 6.07) is 8.54. The first-order chi connectivity index (χ1) is 11.2. The van der Waals surface area contributed by atoms with Gasteiger partial charge in [-0.1, -0.05) is 25.5 Å². The van der Waals surface area contributed by atoms with Gasteiger partial charge >= 0.3 is 5.97 Å². The standard InChI is InChI=1S/C20H30O3/c1-3-4-15-22-19-11-7-17(8-12-19)5-6-18-9-13-20(14-10-18)23-16(2)21/h7-8,11-12,18,20H,3-6,9-10,13-15H2,1-2H3. The predicted octanol–water partition coefficient (Wildman–Crippen LogP) is 4.92. The molecular weight excluding hydrogens is 288 g/mol. The van der Waals surface area contributed by atoms with E-state index in [9.17, 15) is 4.79 Å². The summed E-state index contributed by atoms with van der Waals surface area (Å²) in [6.07, 6.45) is 9.18. The second-order valence-electron chi connectivity index (χ2n) is 6.64. The first kappa shape index (κ1) is 17.8. The maximum atomic E-state index is 11.0. The predicted molar refractivity (Wildman–Crippen MR) is 92.7 cm³/mol. The number of carbonyl (C=O) groups excluding carboxylic acids is 1. The van der Waals surface area contributed by atoms with E-state index in [0.717, 1.165) is 50.4 Å². The van der Waals surface area contributed by atoms with Crippen LogP contribution in [0.15, 0.2) is 24.3 Å². The lowest BCUT2D eigenvalue weighted by Crippen LogP contribution is -2.23. The van der Waals surface area contributed by atoms with Crippen LogP contribution >= 0.6 is 0 Å². The van der Waals surface area contributed by atoms with Crippen molar-refractivity contribution in [1.82, 2.24) is 0 Å². The summed E-state index contributed by atoms with van der Waals surface area (Å²) in [7, 11) is 0. The topological polar surface area (TPSA) is 35.5 Å². The van der Waals surface area contributed by atoms with Crippen LogP contribution in [0.1, 0.15) is 64.4 Å². The third-order valence-corrected chi connectivity index (χ3v) is 4.66. The highest BCUT2D eigenvalue weighted by molar-refractivity contribution is 5.66. The second-order valence-corrected chi connectivity index (χ2v) is 6.64. The molecule has 23 heavy (non-hydrogen) atoms. The van der Waals surface area contributed by atoms with Crippen molar-refractivity contribution < 1.29 is 14.3 Å². The molecule has 0 atom stereocenters. The maximum Gasteiger partial charge on any atom is 0.302 e. The number of aryl methyl sites for hydroxylation is 1. The first-order valence-electron chi connectivity index (χ1n) is 9.06. The van der Waals surface area contributed by atoms with Gasteiger partial charge in [0.2, 0.25) is 0 Å². The minimum Gasteiger partial charge on any atom is -0.494 e. The first-order valence-corrected chi connectivity index (χ1v) is 9.06. The number of carbonyl (C=O) groups is 1. The Morgan fingerprint density at radius 2 is 1.83 bits per heavy atom. The Bertz CT molecular complexity index is 458. The van der Waals surface area contributed by atoms with Crippen molar-refractivity contribution in [2.24, 2.45) is 5.92 Å². The number of rotatable bonds is 8. The largest absolute Gasteiger partial charge is 0.494 e. The zero-order chi connectivity index (χ0) is 16.5. The molecule has 1 aromatic rings. The average Bonchev–Trinajstić information content (AvgIpc) is 2.55. The Hall–Kier alpha value is -1.51. The van der Waals surface area contributed by atoms with Crippen LogP contribution in [0, 0.1) is 5.92 Å². The molecule has 128 valence electrons. The summed E-state index contributed by atoms with van der Waals surface area (Å²) in [4.78, 5) is 11.0. The van der Waals surface area contributed by atoms with Crippen LogP contribution < -0.4 is 4.74 Å². The van der Waals surface area contributed by atoms with Gasteiger partial charge in [0.1, 0.15) is 11.9 Å². The van der Waals surface area contributed by atoms with E-state index in [1.165, 1.54) is 31.7 Å². The smallest absolute Gasteiger partial charge is 0.302 e. The van der Waals surface area contributed by atoms with Crippen LogP contribution in [0.2, 0.25) is 0 Å². The van der Waals surface area contributed by atoms with Crippen molar-refractivity contribution in [1.29, 1.82) is 0 Å². The number of unbranched alkanes of at least 4 members (excludes halogenated alkanes) is 1. The maximum absolute atomic E-state index is 11.0. The van der Waals surface area contributed by atoms with Crippen molar-refractivity contribution in [2.45, 2.75) is 71.3 Å². The summed E-state index contributed by atoms with van der Waals surface area (Å²) in [5.41, 5.74) is 1.38. The minimum absolute atomic E-state index is 0.144. The highest BCUT2D eigenvalue weighted by atomic mass is 16.5. The van der Waals surface area contributed by atoms with Crippen LogP contribution in [0.3, 0.4) is 0 Å². The van der Waals surface area contributed by atoms with Crippen molar-refractivity contribution in [3.8, 4) is 5.75 Å². The summed E-state index contributed by atoms with van der Waals surface area (Å²) in [5.74, 6) is 1.60. The van der Waals surface area contributed by atoms with Gasteiger partial charge in [0.15, 0.2) is 0 Å². The Morgan fingerprint density at radius 3 is 2.43 bits per heavy atom. The van der Waals surface area contributed by atoms with Gasteiger partial charge in [0, 0.05) is 6.92 Å². The summed E-state index contributed by atoms with van der Waals surface area (Å²) < 4.78 is 11.0. The molecule has 2 rings (SSSR count). The van der Waals surface area contributed by atoms with Gasteiger partial charge in [0.05, 0.1) is 6.61 Å². The van der Waals surface area contributed by atoms with Crippen molar-refractivity contribution in [2.75, 3.05) is 6.61 Å². The average molecular weight is 318 g/mol. The van der Waals surface area contributed by atoms with E-state index < -0.39 is 0 Å². The van der Waals surface area contributed by atoms with E-state index >= 15 is 0 Å². The fourth-order valence-electron chi connectivity index (χ4n) is 3.23. The normalized spacial score (nSPS) is 21.0. The molecule has 0 aliphatic heterocycles. The van der Waals surface area contributed by atoms with Crippen LogP contribution in [0.5, 0.6) is 5.75 Å². The van der Waals surface area contributed by atoms with Gasteiger partial charge in [-0.3, -0.25) is 4.79 Å². The number of esters is 1. The Balaban J connectivity index is 1.67. The number of benzene rings is 1. The van der Waals surface area contributed by atoms with Gasteiger partial charge in [-0.25, -0.2) is 0 Å². The van der Waals surface area contributed by atoms with Crippen LogP contribution in [-0.2, 0) is 16.0 Å². The third kappa shape index (κ3) is 6.64. The summed E-state index contributed by atoms with van der Waals surface area (Å²) >= 11 is 0. The van der Waals surface area contributed by atoms with Crippen LogP contribution in [0.4, 0.5) is 0 Å². The summed E-state index contributed by atoms with van der Waals surface area (Å²) in [5, 5.41) is 0. The van der Waals surface area contributed by atoms with Gasteiger partial charge in [-0.15, -0.1) is 0 Å². The highest BCUT2D eigenvalue weighted by Crippen LogP contribution is 2.29. The molecular formula is C20H30O3. The molecule has 3 nitrogen and oxygen atoms in total. The molecule has 0 bridgehead atoms. The van der Waals surface area contributed by atoms with Gasteiger partial charge in [0.25, 0.3) is 0 Å². The molecule has 0 N–H and O–H groups in total. The van der Waals surface area contributed by atoms with Crippen molar-refractivity contribution in [3.05, 3.63) is 29.8 Å². The highest BCUT2D eigenvalue weighted by Gasteiger charge is 2.22. The lowest BCUT2D eigenvalue weighted by molar-refractivity contribution is -0.148. The Labute approximate surface area is 140 Å². The zero-order valence-electron chi connectivity index (χ0n) is 14.6. The fourth-order valence-corrected chi connectivity index (χ4v) is 3.23. The molecule has 0 amide bonds. The van der Waals surface area contributed by atoms with Crippen molar-refractivity contribution in [3.63, 3.8) is 0 Å². The van der Waals surface area contributed by atoms with E-state index in [1.807, 2.05) is 0 Å². The molecule has 1 aliphatic carbocycles. The fraction of sp³-hybridized carbons (Fsp3) is 0.650. The SMILES string of the molecule is CCCCOc1ccc(CCC2CCC(OC(C)=O)CC2)cc1. The molecule has 3 heteroatoms. The molecule has 0 radical (unpaired) electrons. The molecule has 0 spiro atoms. The second kappa shape index (κ2) is 9.59. The lowest BCUT2D eigenvalue weighted by atomic mass is 9.84. The quantitative estimate of drug-likeness (QED) is 0.504. The van der Waals surface area contributed by atoms with Gasteiger partial charge in [-0.05, 0) is 68.6 Å². The molecule has 1 fully saturated rings. The molecule has 0 heterocycles. The van der Waals surface area contributed by atoms with Gasteiger partial charge < -0.3 is 9.47 Å². The van der Waals surface area contributed by atoms with E-state index in [4.69, 9.17) is 9.47 Å². The van der Waals surface area contributed by atoms with Crippen molar-refractivity contribution >= 4 is 5.97 Å². The number of hydrogen-bond donors (Lipinski definition) is 0. The molecule has 0 saturated heterocycles. The zero-order valence-corrected chi connectivity index (χ0v) is 14.6. The van der Waals surface area contributed by atoms with E-state index in [0.29, 0.717) is 0 Å². The third-order valence-electron chi connectivity index (χ3n) is 4.66. The van der Waals surface area contributed by atoms with E-state index in [2.05, 4.69) is 31.2 Å². The van der Waals surface area contributed by atoms with E-state index in [-0.39, 0.29) is 12.1 Å². The number of ether oxygens (including phenoxy) is 2. The lowest BCUT2D eigenvalue weighted by Gasteiger charge is -2.28. The monoisotopic (exact) mass is 318 g/mol. The summed E-state index contributed by atoms with van der Waals surface area (Å²) in [6.45, 7) is 4.48.